The standard InChI is InChI=1S/C13H12Cl2FN3O/c1-6(2)8-5-11(18-19-13(8)15)20-12-9(14)3-7(17)4-10(12)16/h3-6H,17H2,1-2H3/i1D3,2D3. The van der Waals surface area contributed by atoms with E-state index in [-0.39, 0.29) is 22.2 Å². The van der Waals surface area contributed by atoms with Gasteiger partial charge in [-0.15, -0.1) is 10.2 Å². The quantitative estimate of drug-likeness (QED) is 0.850. The van der Waals surface area contributed by atoms with Crippen LogP contribution in [0.15, 0.2) is 18.2 Å². The summed E-state index contributed by atoms with van der Waals surface area (Å²) in [5.41, 5.74) is 5.18. The normalized spacial score (nSPS) is 16.6. The number of aromatic nitrogens is 2. The van der Waals surface area contributed by atoms with Crippen LogP contribution in [0.25, 0.3) is 0 Å². The van der Waals surface area contributed by atoms with Crippen LogP contribution in [0.5, 0.6) is 11.6 Å². The molecule has 2 rings (SSSR count). The Morgan fingerprint density at radius 3 is 2.70 bits per heavy atom. The van der Waals surface area contributed by atoms with Crippen LogP contribution in [0.2, 0.25) is 10.2 Å². The van der Waals surface area contributed by atoms with E-state index in [1.165, 1.54) is 6.07 Å². The molecule has 4 nitrogen and oxygen atoms in total. The minimum Gasteiger partial charge on any atom is -0.433 e. The molecule has 0 atom stereocenters. The average Bonchev–Trinajstić information content (AvgIpc) is 2.43. The second kappa shape index (κ2) is 5.81. The average molecular weight is 322 g/mol. The largest absolute Gasteiger partial charge is 0.433 e. The predicted octanol–water partition coefficient (Wildman–Crippen LogP) is 4.42. The van der Waals surface area contributed by atoms with Crippen LogP contribution in [0, 0.1) is 5.82 Å². The summed E-state index contributed by atoms with van der Waals surface area (Å²) in [6.45, 7) is -5.81. The first-order chi connectivity index (χ1) is 11.8. The highest BCUT2D eigenvalue weighted by Gasteiger charge is 2.15. The number of halogens is 3. The lowest BCUT2D eigenvalue weighted by molar-refractivity contribution is 0.421. The van der Waals surface area contributed by atoms with Gasteiger partial charge in [-0.25, -0.2) is 4.39 Å². The molecule has 2 N–H and O–H groups in total. The molecule has 0 bridgehead atoms. The lowest BCUT2D eigenvalue weighted by atomic mass is 10.1. The van der Waals surface area contributed by atoms with E-state index >= 15 is 0 Å². The van der Waals surface area contributed by atoms with E-state index in [0.717, 1.165) is 12.1 Å². The van der Waals surface area contributed by atoms with Gasteiger partial charge >= 0.3 is 0 Å². The van der Waals surface area contributed by atoms with Crippen LogP contribution >= 0.6 is 23.2 Å². The van der Waals surface area contributed by atoms with Gasteiger partial charge in [0.25, 0.3) is 0 Å². The Kier molecular flexibility index (Phi) is 2.51. The summed E-state index contributed by atoms with van der Waals surface area (Å²) >= 11 is 11.7. The first-order valence-electron chi connectivity index (χ1n) is 8.26. The Morgan fingerprint density at radius 1 is 1.30 bits per heavy atom. The Balaban J connectivity index is 2.51. The summed E-state index contributed by atoms with van der Waals surface area (Å²) in [7, 11) is 0. The monoisotopic (exact) mass is 321 g/mol. The molecule has 0 aliphatic carbocycles. The van der Waals surface area contributed by atoms with E-state index in [0.29, 0.717) is 0 Å². The summed E-state index contributed by atoms with van der Waals surface area (Å²) in [6.07, 6.45) is 0. The Bertz CT molecular complexity index is 793. The molecular weight excluding hydrogens is 304 g/mol. The Morgan fingerprint density at radius 2 is 2.05 bits per heavy atom. The summed E-state index contributed by atoms with van der Waals surface area (Å²) in [6, 6.07) is 3.17. The topological polar surface area (TPSA) is 61.0 Å². The second-order valence-electron chi connectivity index (χ2n) is 3.78. The van der Waals surface area contributed by atoms with E-state index in [4.69, 9.17) is 41.9 Å². The first-order valence-corrected chi connectivity index (χ1v) is 6.02. The molecule has 7 heteroatoms. The molecule has 1 aromatic carbocycles. The van der Waals surface area contributed by atoms with E-state index in [2.05, 4.69) is 10.2 Å². The Labute approximate surface area is 134 Å². The van der Waals surface area contributed by atoms with Crippen molar-refractivity contribution in [1.29, 1.82) is 0 Å². The van der Waals surface area contributed by atoms with E-state index < -0.39 is 36.3 Å². The molecular formula is C13H12Cl2FN3O. The van der Waals surface area contributed by atoms with Crippen LogP contribution in [0.4, 0.5) is 10.1 Å². The number of nitrogen functional groups attached to an aromatic ring is 1. The summed E-state index contributed by atoms with van der Waals surface area (Å²) < 4.78 is 64.1. The minimum absolute atomic E-state index is 0.0626. The van der Waals surface area contributed by atoms with E-state index in [9.17, 15) is 4.39 Å². The molecule has 0 radical (unpaired) electrons. The fourth-order valence-corrected chi connectivity index (χ4v) is 1.86. The molecule has 0 aliphatic heterocycles. The predicted molar refractivity (Wildman–Crippen MR) is 77.0 cm³/mol. The third kappa shape index (κ3) is 3.11. The number of nitrogens with two attached hydrogens (primary N) is 1. The third-order valence-electron chi connectivity index (χ3n) is 2.29. The minimum atomic E-state index is -2.90. The van der Waals surface area contributed by atoms with Crippen LogP contribution < -0.4 is 10.5 Å². The van der Waals surface area contributed by atoms with Gasteiger partial charge in [0.1, 0.15) is 0 Å². The van der Waals surface area contributed by atoms with E-state index in [1.54, 1.807) is 0 Å². The molecule has 106 valence electrons. The van der Waals surface area contributed by atoms with Gasteiger partial charge in [0.05, 0.1) is 5.02 Å². The van der Waals surface area contributed by atoms with Gasteiger partial charge in [-0.05, 0) is 17.5 Å². The van der Waals surface area contributed by atoms with Gasteiger partial charge < -0.3 is 10.5 Å². The van der Waals surface area contributed by atoms with Crippen LogP contribution in [-0.2, 0) is 0 Å². The zero-order valence-electron chi connectivity index (χ0n) is 15.8. The van der Waals surface area contributed by atoms with E-state index in [1.807, 2.05) is 0 Å². The SMILES string of the molecule is [2H]C([2H])([2H])C(c1cc(Oc2c(F)cc(N)cc2Cl)nnc1Cl)C([2H])([2H])[2H]. The molecule has 2 aromatic rings. The highest BCUT2D eigenvalue weighted by atomic mass is 35.5. The maximum atomic E-state index is 14.0. The summed E-state index contributed by atoms with van der Waals surface area (Å²) in [4.78, 5) is 0. The lowest BCUT2D eigenvalue weighted by Crippen LogP contribution is -1.99. The molecule has 0 saturated carbocycles. The third-order valence-corrected chi connectivity index (χ3v) is 2.87. The zero-order valence-corrected chi connectivity index (χ0v) is 11.3. The first kappa shape index (κ1) is 8.64. The molecule has 0 aliphatic rings. The number of hydrogen-bond acceptors (Lipinski definition) is 4. The van der Waals surface area contributed by atoms with Crippen molar-refractivity contribution >= 4 is 28.9 Å². The maximum absolute atomic E-state index is 14.0. The fraction of sp³-hybridized carbons (Fsp3) is 0.231. The highest BCUT2D eigenvalue weighted by Crippen LogP contribution is 2.34. The van der Waals surface area contributed by atoms with Crippen molar-refractivity contribution in [2.75, 3.05) is 5.73 Å². The van der Waals surface area contributed by atoms with Crippen molar-refractivity contribution in [1.82, 2.24) is 10.2 Å². The summed E-state index contributed by atoms with van der Waals surface area (Å²) in [5.74, 6) is -3.64. The second-order valence-corrected chi connectivity index (χ2v) is 4.54. The molecule has 0 amide bonds. The zero-order chi connectivity index (χ0) is 19.9. The number of nitrogens with zero attached hydrogens (tertiary/aromatic N) is 2. The molecule has 1 aromatic heterocycles. The number of benzene rings is 1. The molecule has 0 unspecified atom stereocenters. The Hall–Kier alpha value is -1.59. The van der Waals surface area contributed by atoms with Crippen LogP contribution in [0.1, 0.15) is 33.4 Å². The highest BCUT2D eigenvalue weighted by molar-refractivity contribution is 6.32. The van der Waals surface area contributed by atoms with Gasteiger partial charge in [-0.1, -0.05) is 36.9 Å². The van der Waals surface area contributed by atoms with Gasteiger partial charge in [0, 0.05) is 26.0 Å². The number of hydrogen-bond donors (Lipinski definition) is 1. The molecule has 20 heavy (non-hydrogen) atoms. The summed E-state index contributed by atoms with van der Waals surface area (Å²) in [5, 5.41) is 6.48. The van der Waals surface area contributed by atoms with Crippen LogP contribution in [0.3, 0.4) is 0 Å². The van der Waals surface area contributed by atoms with Gasteiger partial charge in [-0.3, -0.25) is 0 Å². The number of ether oxygens (including phenoxy) is 1. The molecule has 0 spiro atoms. The van der Waals surface area contributed by atoms with Crippen molar-refractivity contribution < 1.29 is 17.4 Å². The van der Waals surface area contributed by atoms with Crippen LogP contribution in [-0.4, -0.2) is 10.2 Å². The van der Waals surface area contributed by atoms with Crippen molar-refractivity contribution in [2.24, 2.45) is 0 Å². The molecule has 1 heterocycles. The van der Waals surface area contributed by atoms with Gasteiger partial charge in [-0.2, -0.15) is 0 Å². The fourth-order valence-electron chi connectivity index (χ4n) is 1.41. The van der Waals surface area contributed by atoms with Gasteiger partial charge in [0.2, 0.25) is 5.88 Å². The molecule has 0 fully saturated rings. The maximum Gasteiger partial charge on any atom is 0.239 e. The lowest BCUT2D eigenvalue weighted by Gasteiger charge is -2.11. The number of anilines is 1. The number of rotatable bonds is 3. The van der Waals surface area contributed by atoms with Crippen molar-refractivity contribution in [2.45, 2.75) is 19.6 Å². The van der Waals surface area contributed by atoms with Crippen molar-refractivity contribution in [3.05, 3.63) is 39.8 Å². The molecule has 0 saturated heterocycles. The van der Waals surface area contributed by atoms with Gasteiger partial charge in [0.15, 0.2) is 16.7 Å². The van der Waals surface area contributed by atoms with Crippen molar-refractivity contribution in [3.63, 3.8) is 0 Å². The smallest absolute Gasteiger partial charge is 0.239 e. The van der Waals surface area contributed by atoms with Crippen molar-refractivity contribution in [3.8, 4) is 11.6 Å².